The Bertz CT molecular complexity index is 586. The maximum Gasteiger partial charge on any atom is 0.243 e. The van der Waals surface area contributed by atoms with Gasteiger partial charge in [0.05, 0.1) is 11.0 Å². The third-order valence-electron chi connectivity index (χ3n) is 3.52. The van der Waals surface area contributed by atoms with Gasteiger partial charge in [-0.15, -0.1) is 0 Å². The standard InChI is InChI=1S/C13H18ClNO3S/c1-9-7-13(10(2)6-12(9)14)19(16,17)15-5-4-11(8-15)18-3/h6-7,11H,4-5,8H2,1-3H3/t11-/m0/s1. The molecule has 106 valence electrons. The monoisotopic (exact) mass is 303 g/mol. The first-order valence-electron chi connectivity index (χ1n) is 6.16. The van der Waals surface area contributed by atoms with E-state index in [-0.39, 0.29) is 6.10 Å². The molecular formula is C13H18ClNO3S. The fraction of sp³-hybridized carbons (Fsp3) is 0.538. The molecule has 0 saturated carbocycles. The Morgan fingerprint density at radius 1 is 1.32 bits per heavy atom. The summed E-state index contributed by atoms with van der Waals surface area (Å²) in [6.45, 7) is 4.49. The zero-order chi connectivity index (χ0) is 14.2. The van der Waals surface area contributed by atoms with E-state index in [1.807, 2.05) is 6.92 Å². The molecule has 1 saturated heterocycles. The Balaban J connectivity index is 2.38. The second-order valence-corrected chi connectivity index (χ2v) is 7.19. The summed E-state index contributed by atoms with van der Waals surface area (Å²) in [6, 6.07) is 3.35. The minimum absolute atomic E-state index is 0.0107. The van der Waals surface area contributed by atoms with Crippen LogP contribution < -0.4 is 0 Å². The molecule has 0 aliphatic carbocycles. The summed E-state index contributed by atoms with van der Waals surface area (Å²) in [5.74, 6) is 0. The van der Waals surface area contributed by atoms with E-state index in [0.29, 0.717) is 28.6 Å². The van der Waals surface area contributed by atoms with E-state index in [2.05, 4.69) is 0 Å². The molecule has 0 spiro atoms. The van der Waals surface area contributed by atoms with Crippen LogP contribution in [0, 0.1) is 13.8 Å². The summed E-state index contributed by atoms with van der Waals surface area (Å²) in [5, 5.41) is 0.590. The average molecular weight is 304 g/mol. The van der Waals surface area contributed by atoms with Crippen LogP contribution in [0.2, 0.25) is 5.02 Å². The van der Waals surface area contributed by atoms with E-state index >= 15 is 0 Å². The van der Waals surface area contributed by atoms with Crippen LogP contribution in [0.4, 0.5) is 0 Å². The Hall–Kier alpha value is -0.620. The summed E-state index contributed by atoms with van der Waals surface area (Å²) in [5.41, 5.74) is 1.45. The fourth-order valence-electron chi connectivity index (χ4n) is 2.28. The lowest BCUT2D eigenvalue weighted by Gasteiger charge is -2.18. The molecule has 1 heterocycles. The molecule has 6 heteroatoms. The number of aryl methyl sites for hydroxylation is 2. The molecule has 4 nitrogen and oxygen atoms in total. The first-order chi connectivity index (χ1) is 8.86. The molecule has 1 aliphatic rings. The maximum atomic E-state index is 12.6. The maximum absolute atomic E-state index is 12.6. The van der Waals surface area contributed by atoms with Crippen LogP contribution >= 0.6 is 11.6 Å². The van der Waals surface area contributed by atoms with Gasteiger partial charge >= 0.3 is 0 Å². The van der Waals surface area contributed by atoms with Gasteiger partial charge in [-0.1, -0.05) is 11.6 Å². The molecule has 0 amide bonds. The van der Waals surface area contributed by atoms with Crippen molar-refractivity contribution >= 4 is 21.6 Å². The number of methoxy groups -OCH3 is 1. The molecule has 19 heavy (non-hydrogen) atoms. The molecule has 1 aromatic carbocycles. The fourth-order valence-corrected chi connectivity index (χ4v) is 4.28. The largest absolute Gasteiger partial charge is 0.380 e. The molecule has 1 aromatic rings. The number of ether oxygens (including phenoxy) is 1. The van der Waals surface area contributed by atoms with Crippen molar-refractivity contribution in [2.24, 2.45) is 0 Å². The van der Waals surface area contributed by atoms with Crippen LogP contribution in [-0.2, 0) is 14.8 Å². The van der Waals surface area contributed by atoms with Crippen molar-refractivity contribution in [1.82, 2.24) is 4.31 Å². The van der Waals surface area contributed by atoms with Gasteiger partial charge in [0.25, 0.3) is 0 Å². The van der Waals surface area contributed by atoms with Gasteiger partial charge in [0, 0.05) is 25.2 Å². The number of sulfonamides is 1. The number of benzene rings is 1. The SMILES string of the molecule is CO[C@H]1CCN(S(=O)(=O)c2cc(C)c(Cl)cc2C)C1. The van der Waals surface area contributed by atoms with Gasteiger partial charge in [-0.25, -0.2) is 8.42 Å². The van der Waals surface area contributed by atoms with Crippen molar-refractivity contribution in [3.05, 3.63) is 28.3 Å². The smallest absolute Gasteiger partial charge is 0.243 e. The number of hydrogen-bond donors (Lipinski definition) is 0. The lowest BCUT2D eigenvalue weighted by molar-refractivity contribution is 0.115. The van der Waals surface area contributed by atoms with Crippen LogP contribution in [-0.4, -0.2) is 39.0 Å². The van der Waals surface area contributed by atoms with Crippen molar-refractivity contribution in [2.45, 2.75) is 31.3 Å². The lowest BCUT2D eigenvalue weighted by atomic mass is 10.2. The highest BCUT2D eigenvalue weighted by molar-refractivity contribution is 7.89. The number of halogens is 1. The van der Waals surface area contributed by atoms with Crippen molar-refractivity contribution < 1.29 is 13.2 Å². The van der Waals surface area contributed by atoms with Crippen molar-refractivity contribution in [1.29, 1.82) is 0 Å². The summed E-state index contributed by atoms with van der Waals surface area (Å²) < 4.78 is 31.9. The van der Waals surface area contributed by atoms with Crippen LogP contribution in [0.1, 0.15) is 17.5 Å². The quantitative estimate of drug-likeness (QED) is 0.861. The van der Waals surface area contributed by atoms with Crippen LogP contribution in [0.15, 0.2) is 17.0 Å². The van der Waals surface area contributed by atoms with Gasteiger partial charge in [-0.2, -0.15) is 4.31 Å². The van der Waals surface area contributed by atoms with Gasteiger partial charge in [-0.3, -0.25) is 0 Å². The lowest BCUT2D eigenvalue weighted by Crippen LogP contribution is -2.30. The van der Waals surface area contributed by atoms with Crippen molar-refractivity contribution in [3.63, 3.8) is 0 Å². The van der Waals surface area contributed by atoms with Crippen LogP contribution in [0.25, 0.3) is 0 Å². The van der Waals surface area contributed by atoms with Crippen molar-refractivity contribution in [3.8, 4) is 0 Å². The molecule has 0 aromatic heterocycles. The van der Waals surface area contributed by atoms with Gasteiger partial charge in [0.2, 0.25) is 10.0 Å². The third kappa shape index (κ3) is 2.79. The zero-order valence-electron chi connectivity index (χ0n) is 11.3. The Morgan fingerprint density at radius 2 is 2.00 bits per heavy atom. The Labute approximate surface area is 119 Å². The van der Waals surface area contributed by atoms with Gasteiger partial charge in [0.1, 0.15) is 0 Å². The third-order valence-corrected chi connectivity index (χ3v) is 5.93. The number of nitrogens with zero attached hydrogens (tertiary/aromatic N) is 1. The molecule has 0 bridgehead atoms. The second-order valence-electron chi connectivity index (χ2n) is 4.88. The summed E-state index contributed by atoms with van der Waals surface area (Å²) in [7, 11) is -1.85. The van der Waals surface area contributed by atoms with Crippen molar-refractivity contribution in [2.75, 3.05) is 20.2 Å². The van der Waals surface area contributed by atoms with E-state index in [0.717, 1.165) is 12.0 Å². The van der Waals surface area contributed by atoms with Gasteiger partial charge in [0.15, 0.2) is 0 Å². The second kappa shape index (κ2) is 5.40. The molecule has 2 rings (SSSR count). The minimum Gasteiger partial charge on any atom is -0.380 e. The molecular weight excluding hydrogens is 286 g/mol. The van der Waals surface area contributed by atoms with E-state index in [9.17, 15) is 8.42 Å². The van der Waals surface area contributed by atoms with Gasteiger partial charge < -0.3 is 4.74 Å². The predicted octanol–water partition coefficient (Wildman–Crippen LogP) is 2.37. The van der Waals surface area contributed by atoms with E-state index in [1.165, 1.54) is 4.31 Å². The Morgan fingerprint density at radius 3 is 2.58 bits per heavy atom. The molecule has 1 fully saturated rings. The van der Waals surface area contributed by atoms with Gasteiger partial charge in [-0.05, 0) is 43.5 Å². The summed E-state index contributed by atoms with van der Waals surface area (Å²) >= 11 is 6.01. The molecule has 1 aliphatic heterocycles. The average Bonchev–Trinajstić information content (AvgIpc) is 2.83. The number of rotatable bonds is 3. The first kappa shape index (κ1) is 14.8. The van der Waals surface area contributed by atoms with E-state index in [4.69, 9.17) is 16.3 Å². The highest BCUT2D eigenvalue weighted by atomic mass is 35.5. The normalized spacial score (nSPS) is 20.9. The summed E-state index contributed by atoms with van der Waals surface area (Å²) in [4.78, 5) is 0.339. The topological polar surface area (TPSA) is 46.6 Å². The molecule has 0 N–H and O–H groups in total. The van der Waals surface area contributed by atoms with E-state index < -0.39 is 10.0 Å². The molecule has 0 unspecified atom stereocenters. The molecule has 1 atom stereocenters. The summed E-state index contributed by atoms with van der Waals surface area (Å²) in [6.07, 6.45) is 0.727. The predicted molar refractivity (Wildman–Crippen MR) is 75.1 cm³/mol. The number of hydrogen-bond acceptors (Lipinski definition) is 3. The van der Waals surface area contributed by atoms with E-state index in [1.54, 1.807) is 26.2 Å². The van der Waals surface area contributed by atoms with Crippen LogP contribution in [0.3, 0.4) is 0 Å². The van der Waals surface area contributed by atoms with Crippen LogP contribution in [0.5, 0.6) is 0 Å². The molecule has 0 radical (unpaired) electrons. The highest BCUT2D eigenvalue weighted by Crippen LogP contribution is 2.28. The highest BCUT2D eigenvalue weighted by Gasteiger charge is 2.33. The Kier molecular flexibility index (Phi) is 4.20. The minimum atomic E-state index is -3.46. The zero-order valence-corrected chi connectivity index (χ0v) is 12.9. The first-order valence-corrected chi connectivity index (χ1v) is 7.97.